The van der Waals surface area contributed by atoms with Crippen LogP contribution in [-0.2, 0) is 40.3 Å². The number of nitrogens with zero attached hydrogens (tertiary/aromatic N) is 4. The SMILES string of the molecule is COc1ccc(CN(c2nccs2)S(=O)(=O)c2cc3oc(=O)n(Cc4cccc5c4CN(C(=O)OC(C)(C)C)CC5(F)F)c3cc2F)c(OC)c1. The number of hydrogen-bond donors (Lipinski definition) is 0. The van der Waals surface area contributed by atoms with Gasteiger partial charge in [0, 0.05) is 40.9 Å². The van der Waals surface area contributed by atoms with E-state index in [0.717, 1.165) is 37.2 Å². The van der Waals surface area contributed by atoms with Gasteiger partial charge in [-0.05, 0) is 44.0 Å². The lowest BCUT2D eigenvalue weighted by Gasteiger charge is -2.36. The Morgan fingerprint density at radius 3 is 2.53 bits per heavy atom. The van der Waals surface area contributed by atoms with Gasteiger partial charge in [0.25, 0.3) is 15.9 Å². The zero-order valence-corrected chi connectivity index (χ0v) is 29.7. The number of aromatic nitrogens is 2. The lowest BCUT2D eigenvalue weighted by molar-refractivity contribution is -0.0593. The van der Waals surface area contributed by atoms with E-state index in [9.17, 15) is 18.0 Å². The van der Waals surface area contributed by atoms with Gasteiger partial charge in [-0.15, -0.1) is 11.3 Å². The number of fused-ring (bicyclic) bond motifs is 2. The van der Waals surface area contributed by atoms with Gasteiger partial charge in [0.15, 0.2) is 10.7 Å². The molecule has 0 aliphatic carbocycles. The third-order valence-corrected chi connectivity index (χ3v) is 10.8. The van der Waals surface area contributed by atoms with Crippen molar-refractivity contribution in [2.75, 3.05) is 25.1 Å². The van der Waals surface area contributed by atoms with Crippen LogP contribution in [-0.4, -0.2) is 55.3 Å². The molecule has 0 atom stereocenters. The maximum atomic E-state index is 16.0. The minimum atomic E-state index is -4.68. The van der Waals surface area contributed by atoms with Gasteiger partial charge in [0.05, 0.1) is 45.9 Å². The van der Waals surface area contributed by atoms with Crippen LogP contribution in [0.2, 0.25) is 0 Å². The minimum absolute atomic E-state index is 0.0393. The number of oxazole rings is 1. The zero-order valence-electron chi connectivity index (χ0n) is 28.1. The molecule has 17 heteroatoms. The van der Waals surface area contributed by atoms with Crippen molar-refractivity contribution in [2.24, 2.45) is 0 Å². The van der Waals surface area contributed by atoms with Crippen molar-refractivity contribution in [1.82, 2.24) is 14.5 Å². The molecule has 1 amide bonds. The number of amides is 1. The van der Waals surface area contributed by atoms with Crippen molar-refractivity contribution in [3.63, 3.8) is 0 Å². The normalized spacial score (nSPS) is 14.3. The van der Waals surface area contributed by atoms with Crippen LogP contribution < -0.4 is 19.5 Å². The first kappa shape index (κ1) is 35.8. The maximum absolute atomic E-state index is 16.0. The molecule has 0 saturated heterocycles. The lowest BCUT2D eigenvalue weighted by Crippen LogP contribution is -2.46. The number of ether oxygens (including phenoxy) is 3. The molecule has 0 saturated carbocycles. The molecule has 1 aliphatic rings. The molecular weight excluding hydrogens is 714 g/mol. The average Bonchev–Trinajstić information content (AvgIpc) is 3.70. The molecule has 0 spiro atoms. The first-order valence-electron chi connectivity index (χ1n) is 15.5. The summed E-state index contributed by atoms with van der Waals surface area (Å²) in [6.07, 6.45) is 0.471. The number of carbonyl (C=O) groups is 1. The summed E-state index contributed by atoms with van der Waals surface area (Å²) in [5.41, 5.74) is -0.857. The monoisotopic (exact) mass is 746 g/mol. The highest BCUT2D eigenvalue weighted by Crippen LogP contribution is 2.39. The summed E-state index contributed by atoms with van der Waals surface area (Å²) < 4.78 is 98.3. The van der Waals surface area contributed by atoms with E-state index in [1.165, 1.54) is 38.6 Å². The highest BCUT2D eigenvalue weighted by molar-refractivity contribution is 7.93. The topological polar surface area (TPSA) is 133 Å². The Kier molecular flexibility index (Phi) is 9.30. The van der Waals surface area contributed by atoms with Gasteiger partial charge in [0.2, 0.25) is 0 Å². The second-order valence-corrected chi connectivity index (χ2v) is 15.4. The Hall–Kier alpha value is -5.03. The number of alkyl halides is 2. The van der Waals surface area contributed by atoms with Crippen molar-refractivity contribution in [3.05, 3.63) is 98.7 Å². The largest absolute Gasteiger partial charge is 0.497 e. The molecule has 0 unspecified atom stereocenters. The number of halogens is 3. The molecule has 0 bridgehead atoms. The summed E-state index contributed by atoms with van der Waals surface area (Å²) in [4.78, 5) is 30.2. The Morgan fingerprint density at radius 2 is 1.86 bits per heavy atom. The van der Waals surface area contributed by atoms with Crippen molar-refractivity contribution in [2.45, 2.75) is 56.8 Å². The molecule has 51 heavy (non-hydrogen) atoms. The van der Waals surface area contributed by atoms with Crippen LogP contribution in [0.25, 0.3) is 11.1 Å². The number of thiazole rings is 1. The fourth-order valence-electron chi connectivity index (χ4n) is 5.77. The Balaban J connectivity index is 1.37. The third kappa shape index (κ3) is 6.99. The molecule has 6 rings (SSSR count). The van der Waals surface area contributed by atoms with E-state index in [1.54, 1.807) is 44.4 Å². The predicted octanol–water partition coefficient (Wildman–Crippen LogP) is 6.49. The fraction of sp³-hybridized carbons (Fsp3) is 0.324. The van der Waals surface area contributed by atoms with Crippen LogP contribution >= 0.6 is 11.3 Å². The molecule has 0 fully saturated rings. The summed E-state index contributed by atoms with van der Waals surface area (Å²) >= 11 is 1.01. The van der Waals surface area contributed by atoms with E-state index >= 15 is 13.2 Å². The van der Waals surface area contributed by atoms with Crippen molar-refractivity contribution >= 4 is 43.7 Å². The molecule has 12 nitrogen and oxygen atoms in total. The van der Waals surface area contributed by atoms with E-state index in [-0.39, 0.29) is 52.6 Å². The zero-order chi connectivity index (χ0) is 36.9. The number of sulfonamides is 1. The molecule has 5 aromatic rings. The van der Waals surface area contributed by atoms with Crippen molar-refractivity contribution in [3.8, 4) is 11.5 Å². The molecule has 2 aromatic heterocycles. The third-order valence-electron chi connectivity index (χ3n) is 8.12. The molecule has 1 aliphatic heterocycles. The summed E-state index contributed by atoms with van der Waals surface area (Å²) in [6.45, 7) is 3.08. The van der Waals surface area contributed by atoms with Crippen LogP contribution in [0.4, 0.5) is 23.1 Å². The van der Waals surface area contributed by atoms with Crippen LogP contribution in [0.5, 0.6) is 11.5 Å². The first-order valence-corrected chi connectivity index (χ1v) is 17.8. The van der Waals surface area contributed by atoms with Crippen LogP contribution in [0.1, 0.15) is 43.0 Å². The quantitative estimate of drug-likeness (QED) is 0.166. The Bertz CT molecular complexity index is 2280. The highest BCUT2D eigenvalue weighted by atomic mass is 32.2. The summed E-state index contributed by atoms with van der Waals surface area (Å²) in [5.74, 6) is -4.82. The van der Waals surface area contributed by atoms with Crippen LogP contribution in [0.3, 0.4) is 0 Å². The van der Waals surface area contributed by atoms with Crippen molar-refractivity contribution in [1.29, 1.82) is 0 Å². The van der Waals surface area contributed by atoms with Gasteiger partial charge in [-0.2, -0.15) is 8.78 Å². The van der Waals surface area contributed by atoms with Gasteiger partial charge >= 0.3 is 11.8 Å². The van der Waals surface area contributed by atoms with Gasteiger partial charge in [-0.3, -0.25) is 9.47 Å². The molecule has 270 valence electrons. The lowest BCUT2D eigenvalue weighted by atomic mass is 9.92. The Morgan fingerprint density at radius 1 is 1.10 bits per heavy atom. The summed E-state index contributed by atoms with van der Waals surface area (Å²) in [7, 11) is -1.80. The smallest absolute Gasteiger partial charge is 0.420 e. The average molecular weight is 747 g/mol. The van der Waals surface area contributed by atoms with E-state index in [1.807, 2.05) is 0 Å². The van der Waals surface area contributed by atoms with Gasteiger partial charge in [0.1, 0.15) is 27.8 Å². The molecule has 0 N–H and O–H groups in total. The van der Waals surface area contributed by atoms with E-state index < -0.39 is 50.7 Å². The molecule has 3 aromatic carbocycles. The number of carbonyl (C=O) groups excluding carboxylic acids is 1. The maximum Gasteiger partial charge on any atom is 0.420 e. The van der Waals surface area contributed by atoms with Gasteiger partial charge in [-0.1, -0.05) is 18.2 Å². The van der Waals surface area contributed by atoms with Crippen LogP contribution in [0.15, 0.2) is 74.2 Å². The number of methoxy groups -OCH3 is 2. The second kappa shape index (κ2) is 13.3. The van der Waals surface area contributed by atoms with Crippen molar-refractivity contribution < 1.29 is 45.0 Å². The van der Waals surface area contributed by atoms with E-state index in [0.29, 0.717) is 17.1 Å². The fourth-order valence-corrected chi connectivity index (χ4v) is 8.10. The van der Waals surface area contributed by atoms with E-state index in [4.69, 9.17) is 18.6 Å². The Labute approximate surface area is 294 Å². The number of anilines is 1. The first-order chi connectivity index (χ1) is 24.0. The van der Waals surface area contributed by atoms with E-state index in [2.05, 4.69) is 4.98 Å². The predicted molar refractivity (Wildman–Crippen MR) is 182 cm³/mol. The molecule has 3 heterocycles. The number of rotatable bonds is 9. The molecule has 0 radical (unpaired) electrons. The summed E-state index contributed by atoms with van der Waals surface area (Å²) in [5, 5.41) is 1.60. The molecular formula is C34H33F3N4O8S2. The van der Waals surface area contributed by atoms with Gasteiger partial charge < -0.3 is 18.6 Å². The standard InChI is InChI=1S/C34H33F3N4O8S2/c1-33(2,3)49-31(42)39-18-23-20(7-6-8-24(23)34(36,37)19-39)16-40-26-14-25(35)29(15-28(26)48-32(40)43)51(44,45)41(30-38-11-12-50-30)17-21-9-10-22(46-4)13-27(21)47-5/h6-15H,16-19H2,1-5H3. The minimum Gasteiger partial charge on any atom is -0.497 e. The van der Waals surface area contributed by atoms with Crippen LogP contribution in [0, 0.1) is 5.82 Å². The summed E-state index contributed by atoms with van der Waals surface area (Å²) in [6, 6.07) is 10.7. The number of benzene rings is 3. The highest BCUT2D eigenvalue weighted by Gasteiger charge is 2.44. The van der Waals surface area contributed by atoms with Gasteiger partial charge in [-0.25, -0.2) is 31.7 Å². The second-order valence-electron chi connectivity index (χ2n) is 12.7. The number of hydrogen-bond acceptors (Lipinski definition) is 10.